The van der Waals surface area contributed by atoms with Crippen molar-refractivity contribution < 1.29 is 0 Å². The van der Waals surface area contributed by atoms with E-state index in [1.54, 1.807) is 11.3 Å². The Morgan fingerprint density at radius 2 is 1.80 bits per heavy atom. The van der Waals surface area contributed by atoms with E-state index in [9.17, 15) is 0 Å². The van der Waals surface area contributed by atoms with E-state index in [0.29, 0.717) is 0 Å². The molecule has 0 radical (unpaired) electrons. The second-order valence-corrected chi connectivity index (χ2v) is 5.93. The van der Waals surface area contributed by atoms with Gasteiger partial charge in [-0.3, -0.25) is 0 Å². The van der Waals surface area contributed by atoms with Gasteiger partial charge in [0.05, 0.1) is 15.9 Å². The first kappa shape index (κ1) is 11.6. The molecule has 20 heavy (non-hydrogen) atoms. The van der Waals surface area contributed by atoms with Gasteiger partial charge in [-0.05, 0) is 30.5 Å². The van der Waals surface area contributed by atoms with Crippen molar-refractivity contribution in [3.8, 4) is 11.3 Å². The van der Waals surface area contributed by atoms with Crippen LogP contribution < -0.4 is 0 Å². The van der Waals surface area contributed by atoms with Crippen molar-refractivity contribution in [2.24, 2.45) is 0 Å². The number of thiophene rings is 1. The molecule has 0 N–H and O–H groups in total. The molecule has 0 atom stereocenters. The molecule has 2 heterocycles. The number of hydrogen-bond acceptors (Lipinski definition) is 2. The first-order valence-corrected chi connectivity index (χ1v) is 7.54. The average molecular weight is 275 g/mol. The Morgan fingerprint density at radius 1 is 0.900 bits per heavy atom. The van der Waals surface area contributed by atoms with Crippen LogP contribution in [0.3, 0.4) is 0 Å². The number of para-hydroxylation sites is 1. The maximum atomic E-state index is 4.90. The highest BCUT2D eigenvalue weighted by atomic mass is 32.1. The minimum absolute atomic E-state index is 1.06. The summed E-state index contributed by atoms with van der Waals surface area (Å²) in [7, 11) is 0. The third-order valence-corrected chi connectivity index (χ3v) is 4.52. The fourth-order valence-electron chi connectivity index (χ4n) is 2.66. The molecule has 2 aromatic heterocycles. The zero-order valence-corrected chi connectivity index (χ0v) is 11.9. The summed E-state index contributed by atoms with van der Waals surface area (Å²) in [4.78, 5) is 4.90. The third-order valence-electron chi connectivity index (χ3n) is 3.60. The molecule has 0 aliphatic carbocycles. The SMILES string of the molecule is Cc1cccc(-c2nc3ccccc3c3ccsc23)c1. The van der Waals surface area contributed by atoms with Gasteiger partial charge in [-0.1, -0.05) is 42.0 Å². The summed E-state index contributed by atoms with van der Waals surface area (Å²) in [5.41, 5.74) is 4.62. The van der Waals surface area contributed by atoms with Gasteiger partial charge >= 0.3 is 0 Å². The molecule has 0 aliphatic heterocycles. The second-order valence-electron chi connectivity index (χ2n) is 5.01. The van der Waals surface area contributed by atoms with E-state index in [-0.39, 0.29) is 0 Å². The lowest BCUT2D eigenvalue weighted by molar-refractivity contribution is 1.41. The fourth-order valence-corrected chi connectivity index (χ4v) is 3.58. The molecule has 0 fully saturated rings. The average Bonchev–Trinajstić information content (AvgIpc) is 2.96. The number of fused-ring (bicyclic) bond motifs is 3. The van der Waals surface area contributed by atoms with Crippen molar-refractivity contribution in [2.45, 2.75) is 6.92 Å². The first-order chi connectivity index (χ1) is 9.83. The van der Waals surface area contributed by atoms with E-state index in [1.807, 2.05) is 6.07 Å². The molecule has 4 aromatic rings. The number of hydrogen-bond donors (Lipinski definition) is 0. The van der Waals surface area contributed by atoms with Gasteiger partial charge in [-0.2, -0.15) is 0 Å². The van der Waals surface area contributed by atoms with E-state index in [0.717, 1.165) is 11.2 Å². The van der Waals surface area contributed by atoms with Gasteiger partial charge in [-0.15, -0.1) is 11.3 Å². The van der Waals surface area contributed by atoms with Gasteiger partial charge in [0.2, 0.25) is 0 Å². The van der Waals surface area contributed by atoms with Crippen molar-refractivity contribution in [1.29, 1.82) is 0 Å². The van der Waals surface area contributed by atoms with Crippen molar-refractivity contribution >= 4 is 32.3 Å². The van der Waals surface area contributed by atoms with Crippen LogP contribution in [-0.2, 0) is 0 Å². The Morgan fingerprint density at radius 3 is 2.70 bits per heavy atom. The van der Waals surface area contributed by atoms with Crippen LogP contribution in [0.15, 0.2) is 60.0 Å². The van der Waals surface area contributed by atoms with Crippen LogP contribution >= 0.6 is 11.3 Å². The van der Waals surface area contributed by atoms with Gasteiger partial charge in [0.15, 0.2) is 0 Å². The molecule has 96 valence electrons. The van der Waals surface area contributed by atoms with E-state index in [2.05, 4.69) is 60.8 Å². The molecule has 2 aromatic carbocycles. The molecule has 0 spiro atoms. The highest BCUT2D eigenvalue weighted by Crippen LogP contribution is 2.35. The lowest BCUT2D eigenvalue weighted by Crippen LogP contribution is -1.87. The van der Waals surface area contributed by atoms with Crippen molar-refractivity contribution in [1.82, 2.24) is 4.98 Å². The Labute approximate surface area is 121 Å². The van der Waals surface area contributed by atoms with E-state index < -0.39 is 0 Å². The van der Waals surface area contributed by atoms with Gasteiger partial charge in [0, 0.05) is 16.3 Å². The van der Waals surface area contributed by atoms with E-state index in [1.165, 1.54) is 26.6 Å². The van der Waals surface area contributed by atoms with Crippen LogP contribution in [0.1, 0.15) is 5.56 Å². The highest BCUT2D eigenvalue weighted by Gasteiger charge is 2.11. The third kappa shape index (κ3) is 1.73. The standard InChI is InChI=1S/C18H13NS/c1-12-5-4-6-13(11-12)17-18-15(9-10-20-18)14-7-2-3-8-16(14)19-17/h2-11H,1H3. The Bertz CT molecular complexity index is 921. The summed E-state index contributed by atoms with van der Waals surface area (Å²) in [6.45, 7) is 2.12. The summed E-state index contributed by atoms with van der Waals surface area (Å²) in [6.07, 6.45) is 0. The van der Waals surface area contributed by atoms with Crippen LogP contribution in [0.5, 0.6) is 0 Å². The Kier molecular flexibility index (Phi) is 2.57. The molecule has 4 rings (SSSR count). The molecule has 0 saturated heterocycles. The van der Waals surface area contributed by atoms with E-state index in [4.69, 9.17) is 4.98 Å². The fraction of sp³-hybridized carbons (Fsp3) is 0.0556. The van der Waals surface area contributed by atoms with Crippen LogP contribution in [0, 0.1) is 6.92 Å². The second kappa shape index (κ2) is 4.43. The lowest BCUT2D eigenvalue weighted by Gasteiger charge is -2.07. The molecular weight excluding hydrogens is 262 g/mol. The van der Waals surface area contributed by atoms with Crippen molar-refractivity contribution in [3.63, 3.8) is 0 Å². The molecule has 2 heteroatoms. The van der Waals surface area contributed by atoms with Crippen molar-refractivity contribution in [2.75, 3.05) is 0 Å². The molecule has 1 nitrogen and oxygen atoms in total. The molecule has 0 saturated carbocycles. The summed E-state index contributed by atoms with van der Waals surface area (Å²) < 4.78 is 1.27. The largest absolute Gasteiger partial charge is 0.246 e. The lowest BCUT2D eigenvalue weighted by atomic mass is 10.0. The summed E-state index contributed by atoms with van der Waals surface area (Å²) >= 11 is 1.77. The number of aromatic nitrogens is 1. The predicted octanol–water partition coefficient (Wildman–Crippen LogP) is 5.42. The number of pyridine rings is 1. The van der Waals surface area contributed by atoms with Crippen LogP contribution in [0.25, 0.3) is 32.2 Å². The highest BCUT2D eigenvalue weighted by molar-refractivity contribution is 7.17. The van der Waals surface area contributed by atoms with Gasteiger partial charge in [-0.25, -0.2) is 4.98 Å². The number of aryl methyl sites for hydroxylation is 1. The van der Waals surface area contributed by atoms with Gasteiger partial charge < -0.3 is 0 Å². The topological polar surface area (TPSA) is 12.9 Å². The predicted molar refractivity (Wildman–Crippen MR) is 87.3 cm³/mol. The Balaban J connectivity index is 2.14. The van der Waals surface area contributed by atoms with Crippen LogP contribution in [0.4, 0.5) is 0 Å². The first-order valence-electron chi connectivity index (χ1n) is 6.66. The maximum Gasteiger partial charge on any atom is 0.0887 e. The molecule has 0 amide bonds. The zero-order valence-electron chi connectivity index (χ0n) is 11.1. The van der Waals surface area contributed by atoms with Gasteiger partial charge in [0.25, 0.3) is 0 Å². The summed E-state index contributed by atoms with van der Waals surface area (Å²) in [5.74, 6) is 0. The molecular formula is C18H13NS. The monoisotopic (exact) mass is 275 g/mol. The minimum Gasteiger partial charge on any atom is -0.246 e. The summed E-state index contributed by atoms with van der Waals surface area (Å²) in [5, 5.41) is 4.69. The van der Waals surface area contributed by atoms with Gasteiger partial charge in [0.1, 0.15) is 0 Å². The maximum absolute atomic E-state index is 4.90. The number of benzene rings is 2. The quantitative estimate of drug-likeness (QED) is 0.451. The minimum atomic E-state index is 1.06. The molecule has 0 unspecified atom stereocenters. The molecule has 0 bridgehead atoms. The summed E-state index contributed by atoms with van der Waals surface area (Å²) in [6, 6.07) is 19.1. The van der Waals surface area contributed by atoms with Crippen LogP contribution in [0.2, 0.25) is 0 Å². The normalized spacial score (nSPS) is 11.2. The Hall–Kier alpha value is -2.19. The van der Waals surface area contributed by atoms with Crippen LogP contribution in [-0.4, -0.2) is 4.98 Å². The zero-order chi connectivity index (χ0) is 13.5. The number of nitrogens with zero attached hydrogens (tertiary/aromatic N) is 1. The van der Waals surface area contributed by atoms with Crippen molar-refractivity contribution in [3.05, 3.63) is 65.5 Å². The molecule has 0 aliphatic rings. The van der Waals surface area contributed by atoms with E-state index >= 15 is 0 Å². The smallest absolute Gasteiger partial charge is 0.0887 e. The number of rotatable bonds is 1.